The molecule has 0 bridgehead atoms. The summed E-state index contributed by atoms with van der Waals surface area (Å²) in [5.74, 6) is 0.787. The van der Waals surface area contributed by atoms with Crippen LogP contribution in [0.1, 0.15) is 12.0 Å². The highest BCUT2D eigenvalue weighted by molar-refractivity contribution is 9.10. The van der Waals surface area contributed by atoms with E-state index >= 15 is 0 Å². The number of amides is 1. The molecule has 2 aliphatic rings. The quantitative estimate of drug-likeness (QED) is 0.442. The second-order valence-electron chi connectivity index (χ2n) is 7.52. The number of hydrogen-bond donors (Lipinski definition) is 0. The Hall–Kier alpha value is -1.84. The molecule has 0 radical (unpaired) electrons. The van der Waals surface area contributed by atoms with Crippen LogP contribution in [0.3, 0.4) is 0 Å². The number of aliphatic imine (C=N–C) groups is 1. The first kappa shape index (κ1) is 25.8. The van der Waals surface area contributed by atoms with Crippen molar-refractivity contribution >= 4 is 62.9 Å². The number of amidine groups is 1. The van der Waals surface area contributed by atoms with Crippen LogP contribution in [-0.4, -0.2) is 67.4 Å². The summed E-state index contributed by atoms with van der Waals surface area (Å²) in [6.07, 6.45) is 2.82. The molecule has 2 aliphatic heterocycles. The number of carbonyl (C=O) groups excluding carboxylic acids is 1. The molecule has 1 amide bonds. The molecule has 6 nitrogen and oxygen atoms in total. The molecule has 2 fully saturated rings. The minimum atomic E-state index is 0. The topological polar surface area (TPSA) is 54.4 Å². The Morgan fingerprint density at radius 1 is 1.09 bits per heavy atom. The zero-order valence-corrected chi connectivity index (χ0v) is 21.6. The Balaban J connectivity index is 0.00000306. The third kappa shape index (κ3) is 7.07. The van der Waals surface area contributed by atoms with Gasteiger partial charge in [0, 0.05) is 30.7 Å². The first-order valence-corrected chi connectivity index (χ1v) is 12.2. The summed E-state index contributed by atoms with van der Waals surface area (Å²) in [5.41, 5.74) is 1.78. The smallest absolute Gasteiger partial charge is 0.266 e. The number of benzene rings is 2. The summed E-state index contributed by atoms with van der Waals surface area (Å²) < 4.78 is 11.7. The van der Waals surface area contributed by atoms with E-state index in [9.17, 15) is 4.79 Å². The van der Waals surface area contributed by atoms with Gasteiger partial charge in [0.15, 0.2) is 5.17 Å². The molecule has 0 saturated carbocycles. The lowest BCUT2D eigenvalue weighted by molar-refractivity contribution is -0.122. The number of hydrogen-bond acceptors (Lipinski definition) is 6. The summed E-state index contributed by atoms with van der Waals surface area (Å²) in [7, 11) is 1.64. The van der Waals surface area contributed by atoms with Crippen LogP contribution in [-0.2, 0) is 9.53 Å². The van der Waals surface area contributed by atoms with Gasteiger partial charge in [0.05, 0.1) is 30.9 Å². The Kier molecular flexibility index (Phi) is 9.82. The molecule has 2 saturated heterocycles. The van der Waals surface area contributed by atoms with Crippen LogP contribution < -0.4 is 4.74 Å². The summed E-state index contributed by atoms with van der Waals surface area (Å²) in [6, 6.07) is 15.5. The molecule has 0 N–H and O–H groups in total. The molecule has 2 aromatic rings. The molecule has 2 heterocycles. The van der Waals surface area contributed by atoms with Crippen molar-refractivity contribution in [3.05, 3.63) is 63.5 Å². The van der Waals surface area contributed by atoms with Crippen molar-refractivity contribution in [3.63, 3.8) is 0 Å². The van der Waals surface area contributed by atoms with Crippen LogP contribution >= 0.6 is 40.1 Å². The fraction of sp³-hybridized carbons (Fsp3) is 0.333. The highest BCUT2D eigenvalue weighted by Gasteiger charge is 2.33. The normalized spacial score (nSPS) is 19.2. The van der Waals surface area contributed by atoms with Crippen molar-refractivity contribution in [2.75, 3.05) is 46.5 Å². The maximum Gasteiger partial charge on any atom is 0.266 e. The highest BCUT2D eigenvalue weighted by atomic mass is 79.9. The van der Waals surface area contributed by atoms with Crippen molar-refractivity contribution in [1.82, 2.24) is 9.80 Å². The molecular formula is C24H27BrClN3O3S. The van der Waals surface area contributed by atoms with Crippen LogP contribution in [0, 0.1) is 0 Å². The van der Waals surface area contributed by atoms with Gasteiger partial charge in [-0.15, -0.1) is 12.4 Å². The average molecular weight is 553 g/mol. The Morgan fingerprint density at radius 2 is 1.79 bits per heavy atom. The molecule has 33 heavy (non-hydrogen) atoms. The van der Waals surface area contributed by atoms with Crippen molar-refractivity contribution in [2.45, 2.75) is 6.42 Å². The lowest BCUT2D eigenvalue weighted by Crippen LogP contribution is -2.38. The molecular weight excluding hydrogens is 526 g/mol. The Labute approximate surface area is 213 Å². The third-order valence-corrected chi connectivity index (χ3v) is 6.85. The van der Waals surface area contributed by atoms with Crippen molar-refractivity contribution in [3.8, 4) is 5.75 Å². The molecule has 4 rings (SSSR count). The van der Waals surface area contributed by atoms with Gasteiger partial charge in [-0.3, -0.25) is 14.6 Å². The molecule has 0 spiro atoms. The summed E-state index contributed by atoms with van der Waals surface area (Å²) in [5, 5.41) is 0.713. The van der Waals surface area contributed by atoms with E-state index in [0.29, 0.717) is 16.6 Å². The van der Waals surface area contributed by atoms with Gasteiger partial charge < -0.3 is 9.47 Å². The molecule has 9 heteroatoms. The van der Waals surface area contributed by atoms with Crippen LogP contribution in [0.15, 0.2) is 62.9 Å². The number of nitrogens with zero attached hydrogens (tertiary/aromatic N) is 3. The largest absolute Gasteiger partial charge is 0.497 e. The number of ether oxygens (including phenoxy) is 2. The predicted molar refractivity (Wildman–Crippen MR) is 141 cm³/mol. The van der Waals surface area contributed by atoms with Gasteiger partial charge in [-0.2, -0.15) is 0 Å². The molecule has 0 aromatic heterocycles. The van der Waals surface area contributed by atoms with Crippen molar-refractivity contribution in [2.24, 2.45) is 4.99 Å². The van der Waals surface area contributed by atoms with E-state index in [1.807, 2.05) is 54.6 Å². The molecule has 0 atom stereocenters. The number of halogens is 2. The maximum absolute atomic E-state index is 13.3. The van der Waals surface area contributed by atoms with E-state index < -0.39 is 0 Å². The lowest BCUT2D eigenvalue weighted by atomic mass is 10.2. The van der Waals surface area contributed by atoms with E-state index in [1.54, 1.807) is 12.0 Å². The third-order valence-electron chi connectivity index (χ3n) is 5.31. The fourth-order valence-electron chi connectivity index (χ4n) is 3.54. The van der Waals surface area contributed by atoms with Gasteiger partial charge in [-0.05, 0) is 66.2 Å². The summed E-state index contributed by atoms with van der Waals surface area (Å²) in [4.78, 5) is 22.9. The molecule has 176 valence electrons. The number of methoxy groups -OCH3 is 1. The Morgan fingerprint density at radius 3 is 2.45 bits per heavy atom. The number of rotatable bonds is 7. The van der Waals surface area contributed by atoms with E-state index in [4.69, 9.17) is 14.5 Å². The average Bonchev–Trinajstić information content (AvgIpc) is 3.10. The van der Waals surface area contributed by atoms with Gasteiger partial charge >= 0.3 is 0 Å². The first-order chi connectivity index (χ1) is 15.6. The van der Waals surface area contributed by atoms with E-state index in [1.165, 1.54) is 11.8 Å². The number of carbonyl (C=O) groups is 1. The van der Waals surface area contributed by atoms with Crippen LogP contribution in [0.5, 0.6) is 5.75 Å². The van der Waals surface area contributed by atoms with E-state index in [0.717, 1.165) is 60.7 Å². The van der Waals surface area contributed by atoms with Crippen LogP contribution in [0.25, 0.3) is 6.08 Å². The van der Waals surface area contributed by atoms with Gasteiger partial charge in [0.25, 0.3) is 5.91 Å². The molecule has 2 aromatic carbocycles. The van der Waals surface area contributed by atoms with Crippen molar-refractivity contribution < 1.29 is 14.3 Å². The van der Waals surface area contributed by atoms with Gasteiger partial charge in [0.1, 0.15) is 5.75 Å². The fourth-order valence-corrected chi connectivity index (χ4v) is 4.83. The highest BCUT2D eigenvalue weighted by Crippen LogP contribution is 2.34. The second kappa shape index (κ2) is 12.6. The van der Waals surface area contributed by atoms with E-state index in [-0.39, 0.29) is 18.3 Å². The molecule has 0 unspecified atom stereocenters. The zero-order chi connectivity index (χ0) is 22.3. The first-order valence-electron chi connectivity index (χ1n) is 10.6. The van der Waals surface area contributed by atoms with Gasteiger partial charge in [0.2, 0.25) is 0 Å². The second-order valence-corrected chi connectivity index (χ2v) is 9.44. The number of thioether (sulfide) groups is 1. The predicted octanol–water partition coefficient (Wildman–Crippen LogP) is 5.21. The monoisotopic (exact) mass is 551 g/mol. The minimum absolute atomic E-state index is 0. The van der Waals surface area contributed by atoms with Crippen molar-refractivity contribution in [1.29, 1.82) is 0 Å². The lowest BCUT2D eigenvalue weighted by Gasteiger charge is -2.27. The zero-order valence-electron chi connectivity index (χ0n) is 18.4. The summed E-state index contributed by atoms with van der Waals surface area (Å²) in [6.45, 7) is 5.04. The van der Waals surface area contributed by atoms with Gasteiger partial charge in [-0.25, -0.2) is 4.99 Å². The van der Waals surface area contributed by atoms with Crippen LogP contribution in [0.4, 0.5) is 5.69 Å². The SMILES string of the molecule is COc1ccc(N=C2SC(=Cc3ccc(Br)cc3)C(=O)N2CCCN2CCOCC2)cc1.Cl. The minimum Gasteiger partial charge on any atom is -0.497 e. The Bertz CT molecular complexity index is 993. The van der Waals surface area contributed by atoms with Crippen LogP contribution in [0.2, 0.25) is 0 Å². The standard InChI is InChI=1S/C24H26BrN3O3S.ClH/c1-30-21-9-7-20(8-10-21)26-24-28(12-2-11-27-13-15-31-16-14-27)23(29)22(32-24)17-18-3-5-19(25)6-4-18;/h3-10,17H,2,11-16H2,1H3;1H. The van der Waals surface area contributed by atoms with Gasteiger partial charge in [-0.1, -0.05) is 28.1 Å². The maximum atomic E-state index is 13.3. The number of morpholine rings is 1. The van der Waals surface area contributed by atoms with E-state index in [2.05, 4.69) is 20.8 Å². The molecule has 0 aliphatic carbocycles. The summed E-state index contributed by atoms with van der Waals surface area (Å²) >= 11 is 4.88.